The van der Waals surface area contributed by atoms with E-state index in [9.17, 15) is 0 Å². The van der Waals surface area contributed by atoms with Gasteiger partial charge in [0.05, 0.1) is 0 Å². The molecule has 49 heavy (non-hydrogen) atoms. The quantitative estimate of drug-likeness (QED) is 0.214. The summed E-state index contributed by atoms with van der Waals surface area (Å²) in [5.41, 5.74) is 11.2. The largest absolute Gasteiger partial charge is 0.485 e. The highest BCUT2D eigenvalue weighted by atomic mass is 16.5. The van der Waals surface area contributed by atoms with Gasteiger partial charge in [-0.1, -0.05) is 127 Å². The average molecular weight is 634 g/mol. The number of nitrogens with zero attached hydrogens (tertiary/aromatic N) is 2. The Hall–Kier alpha value is -5.74. The molecule has 4 nitrogen and oxygen atoms in total. The number of fused-ring (bicyclic) bond motifs is 6. The van der Waals surface area contributed by atoms with E-state index in [1.54, 1.807) is 0 Å². The molecule has 10 rings (SSSR count). The highest BCUT2D eigenvalue weighted by Crippen LogP contribution is 2.48. The second-order valence-corrected chi connectivity index (χ2v) is 13.5. The van der Waals surface area contributed by atoms with Gasteiger partial charge in [-0.15, -0.1) is 0 Å². The zero-order valence-corrected chi connectivity index (χ0v) is 27.1. The van der Waals surface area contributed by atoms with Crippen molar-refractivity contribution in [3.8, 4) is 5.75 Å². The second-order valence-electron chi connectivity index (χ2n) is 13.5. The van der Waals surface area contributed by atoms with Crippen LogP contribution in [0, 0.1) is 0 Å². The summed E-state index contributed by atoms with van der Waals surface area (Å²) in [5, 5.41) is 6.18. The van der Waals surface area contributed by atoms with E-state index in [0.29, 0.717) is 0 Å². The Kier molecular flexibility index (Phi) is 6.61. The van der Waals surface area contributed by atoms with Crippen molar-refractivity contribution >= 4 is 34.1 Å². The van der Waals surface area contributed by atoms with Gasteiger partial charge < -0.3 is 10.1 Å². The van der Waals surface area contributed by atoms with Crippen LogP contribution in [0.5, 0.6) is 5.75 Å². The van der Waals surface area contributed by atoms with Gasteiger partial charge in [0.15, 0.2) is 6.17 Å². The fourth-order valence-corrected chi connectivity index (χ4v) is 8.26. The highest BCUT2D eigenvalue weighted by Gasteiger charge is 2.37. The molecule has 5 aromatic carbocycles. The van der Waals surface area contributed by atoms with Gasteiger partial charge in [-0.3, -0.25) is 0 Å². The van der Waals surface area contributed by atoms with E-state index in [1.165, 1.54) is 49.7 Å². The van der Waals surface area contributed by atoms with Crippen molar-refractivity contribution in [1.82, 2.24) is 5.32 Å². The third-order valence-electron chi connectivity index (χ3n) is 10.7. The number of amidine groups is 2. The highest BCUT2D eigenvalue weighted by molar-refractivity contribution is 6.14. The summed E-state index contributed by atoms with van der Waals surface area (Å²) >= 11 is 0. The van der Waals surface area contributed by atoms with Gasteiger partial charge in [0.25, 0.3) is 0 Å². The first-order chi connectivity index (χ1) is 24.3. The van der Waals surface area contributed by atoms with E-state index >= 15 is 0 Å². The number of hydrogen-bond donors (Lipinski definition) is 1. The number of benzene rings is 5. The minimum atomic E-state index is -0.330. The summed E-state index contributed by atoms with van der Waals surface area (Å²) in [4.78, 5) is 10.7. The third-order valence-corrected chi connectivity index (χ3v) is 10.7. The van der Waals surface area contributed by atoms with Crippen LogP contribution in [-0.2, 0) is 6.42 Å². The van der Waals surface area contributed by atoms with Crippen LogP contribution >= 0.6 is 0 Å². The Morgan fingerprint density at radius 3 is 2.61 bits per heavy atom. The molecule has 2 heterocycles. The molecule has 4 unspecified atom stereocenters. The van der Waals surface area contributed by atoms with Crippen molar-refractivity contribution in [2.75, 3.05) is 0 Å². The Balaban J connectivity index is 1.07. The normalized spacial score (nSPS) is 22.9. The molecule has 5 aromatic rings. The smallest absolute Gasteiger partial charge is 0.169 e. The molecule has 0 saturated heterocycles. The fourth-order valence-electron chi connectivity index (χ4n) is 8.26. The molecular weight excluding hydrogens is 599 g/mol. The Bertz CT molecular complexity index is 2350. The standard InChI is InChI=1S/C45H35N3O/c1-3-12-30-26-32(22-20-28(30)10-1)43-46-44(33-23-21-29-11-2-4-13-31(29)27-33)48-45(47-43)38-25-24-36(34-14-5-6-15-35(34)38)37-17-9-19-41-42(37)39-16-7-8-18-40(39)49-41/h1-3,5-12,14-24,26-27,38-40,44H,4,13,25H2,(H,46,47,48). The van der Waals surface area contributed by atoms with Crippen LogP contribution in [-0.4, -0.2) is 17.8 Å². The summed E-state index contributed by atoms with van der Waals surface area (Å²) in [6.45, 7) is 0. The predicted molar refractivity (Wildman–Crippen MR) is 200 cm³/mol. The van der Waals surface area contributed by atoms with Gasteiger partial charge in [0, 0.05) is 23.0 Å². The van der Waals surface area contributed by atoms with Gasteiger partial charge in [0.2, 0.25) is 0 Å². The van der Waals surface area contributed by atoms with Gasteiger partial charge in [-0.2, -0.15) is 0 Å². The third kappa shape index (κ3) is 4.82. The predicted octanol–water partition coefficient (Wildman–Crippen LogP) is 9.84. The molecule has 5 aliphatic rings. The first kappa shape index (κ1) is 28.3. The fraction of sp³-hybridized carbons (Fsp3) is 0.156. The topological polar surface area (TPSA) is 46.0 Å². The van der Waals surface area contributed by atoms with Crippen molar-refractivity contribution < 1.29 is 4.74 Å². The minimum absolute atomic E-state index is 0.0542. The van der Waals surface area contributed by atoms with E-state index in [0.717, 1.165) is 47.8 Å². The van der Waals surface area contributed by atoms with Crippen LogP contribution in [0.2, 0.25) is 0 Å². The molecule has 4 atom stereocenters. The first-order valence-corrected chi connectivity index (χ1v) is 17.4. The molecule has 0 spiro atoms. The van der Waals surface area contributed by atoms with Gasteiger partial charge >= 0.3 is 0 Å². The van der Waals surface area contributed by atoms with Crippen LogP contribution in [0.3, 0.4) is 0 Å². The summed E-state index contributed by atoms with van der Waals surface area (Å²) in [6.07, 6.45) is 18.3. The number of ether oxygens (including phenoxy) is 1. The molecule has 1 N–H and O–H groups in total. The maximum atomic E-state index is 6.40. The zero-order valence-electron chi connectivity index (χ0n) is 27.1. The molecule has 236 valence electrons. The monoisotopic (exact) mass is 633 g/mol. The van der Waals surface area contributed by atoms with Crippen LogP contribution in [0.15, 0.2) is 150 Å². The van der Waals surface area contributed by atoms with Gasteiger partial charge in [0.1, 0.15) is 23.5 Å². The molecule has 0 bridgehead atoms. The molecule has 0 radical (unpaired) electrons. The average Bonchev–Trinajstić information content (AvgIpc) is 3.56. The molecule has 0 saturated carbocycles. The van der Waals surface area contributed by atoms with Crippen LogP contribution in [0.1, 0.15) is 75.4 Å². The lowest BCUT2D eigenvalue weighted by atomic mass is 9.77. The second kappa shape index (κ2) is 11.5. The van der Waals surface area contributed by atoms with E-state index in [4.69, 9.17) is 14.7 Å². The van der Waals surface area contributed by atoms with E-state index in [2.05, 4.69) is 151 Å². The number of rotatable bonds is 4. The van der Waals surface area contributed by atoms with Crippen molar-refractivity contribution in [1.29, 1.82) is 0 Å². The number of allylic oxidation sites excluding steroid dienone is 4. The Labute approximate surface area is 286 Å². The molecule has 2 aliphatic heterocycles. The maximum absolute atomic E-state index is 6.40. The summed E-state index contributed by atoms with van der Waals surface area (Å²) < 4.78 is 6.40. The SMILES string of the molecule is C1=CC2Oc3cccc(C4=CCC(C5=NC(c6ccc7c(c6)CCC=C7)N=C(c6ccc7ccccc7c6)N5)c5ccccc54)c3C2C=C1. The van der Waals surface area contributed by atoms with Crippen molar-refractivity contribution in [3.05, 3.63) is 184 Å². The van der Waals surface area contributed by atoms with E-state index < -0.39 is 0 Å². The Morgan fingerprint density at radius 2 is 1.63 bits per heavy atom. The van der Waals surface area contributed by atoms with Crippen molar-refractivity contribution in [2.45, 2.75) is 43.4 Å². The number of aliphatic imine (C=N–C) groups is 2. The van der Waals surface area contributed by atoms with Crippen LogP contribution in [0.25, 0.3) is 22.4 Å². The van der Waals surface area contributed by atoms with Crippen molar-refractivity contribution in [3.63, 3.8) is 0 Å². The minimum Gasteiger partial charge on any atom is -0.485 e. The van der Waals surface area contributed by atoms with E-state index in [1.807, 2.05) is 0 Å². The van der Waals surface area contributed by atoms with Crippen LogP contribution in [0.4, 0.5) is 0 Å². The zero-order chi connectivity index (χ0) is 32.3. The Morgan fingerprint density at radius 1 is 0.755 bits per heavy atom. The summed E-state index contributed by atoms with van der Waals surface area (Å²) in [7, 11) is 0. The number of nitrogens with one attached hydrogen (secondary N) is 1. The lowest BCUT2D eigenvalue weighted by Gasteiger charge is -2.31. The molecule has 3 aliphatic carbocycles. The van der Waals surface area contributed by atoms with Gasteiger partial charge in [-0.05, 0) is 87.2 Å². The van der Waals surface area contributed by atoms with Crippen LogP contribution < -0.4 is 10.1 Å². The lowest BCUT2D eigenvalue weighted by Crippen LogP contribution is -2.39. The first-order valence-electron chi connectivity index (χ1n) is 17.4. The molecular formula is C45H35N3O. The lowest BCUT2D eigenvalue weighted by molar-refractivity contribution is 0.269. The molecule has 0 aromatic heterocycles. The molecule has 0 amide bonds. The number of hydrogen-bond acceptors (Lipinski definition) is 4. The maximum Gasteiger partial charge on any atom is 0.169 e. The van der Waals surface area contributed by atoms with E-state index in [-0.39, 0.29) is 24.1 Å². The van der Waals surface area contributed by atoms with Gasteiger partial charge in [-0.25, -0.2) is 9.98 Å². The molecule has 4 heteroatoms. The summed E-state index contributed by atoms with van der Waals surface area (Å²) in [5.74, 6) is 3.10. The number of aryl methyl sites for hydroxylation is 1. The van der Waals surface area contributed by atoms with Crippen molar-refractivity contribution in [2.24, 2.45) is 9.98 Å². The summed E-state index contributed by atoms with van der Waals surface area (Å²) in [6, 6.07) is 37.3. The molecule has 0 fully saturated rings.